The van der Waals surface area contributed by atoms with Crippen LogP contribution in [0.2, 0.25) is 0 Å². The van der Waals surface area contributed by atoms with Gasteiger partial charge in [-0.15, -0.1) is 0 Å². The summed E-state index contributed by atoms with van der Waals surface area (Å²) in [7, 11) is 0. The fourth-order valence-corrected chi connectivity index (χ4v) is 2.82. The number of nitro groups is 1. The third-order valence-corrected chi connectivity index (χ3v) is 4.70. The van der Waals surface area contributed by atoms with Crippen LogP contribution in [0, 0.1) is 21.4 Å². The lowest BCUT2D eigenvalue weighted by atomic mass is 10.1. The first-order chi connectivity index (χ1) is 15.2. The average Bonchev–Trinajstić information content (AvgIpc) is 2.77. The third-order valence-electron chi connectivity index (χ3n) is 4.70. The molecule has 0 aliphatic carbocycles. The zero-order chi connectivity index (χ0) is 24.3. The summed E-state index contributed by atoms with van der Waals surface area (Å²) in [5, 5.41) is 30.8. The van der Waals surface area contributed by atoms with Crippen molar-refractivity contribution in [2.45, 2.75) is 27.7 Å². The summed E-state index contributed by atoms with van der Waals surface area (Å²) in [5.41, 5.74) is -0.990. The number of nitriles is 1. The van der Waals surface area contributed by atoms with Crippen molar-refractivity contribution >= 4 is 23.8 Å². The SMILES string of the molecule is CCN(CC)CCOC(=O)Oc1cc(/C=C(\C#N)C(=O)N(CC)CC)cc([N+](=O)[O-])c1O. The van der Waals surface area contributed by atoms with Gasteiger partial charge in [-0.25, -0.2) is 4.79 Å². The van der Waals surface area contributed by atoms with Crippen LogP contribution in [0.25, 0.3) is 6.08 Å². The number of benzene rings is 1. The van der Waals surface area contributed by atoms with Crippen LogP contribution in [0.5, 0.6) is 11.5 Å². The first kappa shape index (κ1) is 26.4. The Bertz CT molecular complexity index is 900. The Morgan fingerprint density at radius 1 is 1.19 bits per heavy atom. The molecule has 0 aromatic heterocycles. The summed E-state index contributed by atoms with van der Waals surface area (Å²) in [6.07, 6.45) is -0.0197. The molecule has 1 aromatic carbocycles. The van der Waals surface area contributed by atoms with Crippen LogP contribution in [0.4, 0.5) is 10.5 Å². The minimum atomic E-state index is -1.15. The molecule has 11 nitrogen and oxygen atoms in total. The van der Waals surface area contributed by atoms with Gasteiger partial charge >= 0.3 is 11.8 Å². The van der Waals surface area contributed by atoms with E-state index in [4.69, 9.17) is 9.47 Å². The fraction of sp³-hybridized carbons (Fsp3) is 0.476. The molecular weight excluding hydrogens is 420 g/mol. The van der Waals surface area contributed by atoms with Crippen LogP contribution < -0.4 is 4.74 Å². The van der Waals surface area contributed by atoms with E-state index < -0.39 is 34.2 Å². The number of likely N-dealkylation sites (N-methyl/N-ethyl adjacent to an activating group) is 2. The first-order valence-corrected chi connectivity index (χ1v) is 10.2. The van der Waals surface area contributed by atoms with Crippen molar-refractivity contribution in [3.8, 4) is 17.6 Å². The third kappa shape index (κ3) is 7.24. The average molecular weight is 448 g/mol. The van der Waals surface area contributed by atoms with Gasteiger partial charge in [0.2, 0.25) is 5.75 Å². The predicted octanol–water partition coefficient (Wildman–Crippen LogP) is 2.93. The molecule has 174 valence electrons. The van der Waals surface area contributed by atoms with Crippen molar-refractivity contribution in [1.82, 2.24) is 9.80 Å². The standard InChI is InChI=1S/C21H28N4O7/c1-5-23(6-2)9-10-31-21(28)32-18-13-15(12-17(19(18)26)25(29)30)11-16(14-22)20(27)24(7-3)8-4/h11-13,26H,5-10H2,1-4H3/b16-11+. The molecule has 0 heterocycles. The summed E-state index contributed by atoms with van der Waals surface area (Å²) in [6.45, 7) is 10.2. The summed E-state index contributed by atoms with van der Waals surface area (Å²) in [4.78, 5) is 38.3. The summed E-state index contributed by atoms with van der Waals surface area (Å²) in [5.74, 6) is -1.95. The van der Waals surface area contributed by atoms with Crippen LogP contribution in [-0.4, -0.2) is 71.2 Å². The normalized spacial score (nSPS) is 11.1. The highest BCUT2D eigenvalue weighted by Gasteiger charge is 2.23. The summed E-state index contributed by atoms with van der Waals surface area (Å²) < 4.78 is 9.91. The van der Waals surface area contributed by atoms with Gasteiger partial charge in [-0.05, 0) is 44.6 Å². The van der Waals surface area contributed by atoms with Crippen LogP contribution in [-0.2, 0) is 9.53 Å². The molecule has 11 heteroatoms. The van der Waals surface area contributed by atoms with E-state index in [0.29, 0.717) is 19.6 Å². The van der Waals surface area contributed by atoms with Crippen LogP contribution >= 0.6 is 0 Å². The number of carbonyl (C=O) groups is 2. The van der Waals surface area contributed by atoms with E-state index in [9.17, 15) is 30.1 Å². The van der Waals surface area contributed by atoms with Crippen molar-refractivity contribution < 1.29 is 29.1 Å². The highest BCUT2D eigenvalue weighted by Crippen LogP contribution is 2.38. The van der Waals surface area contributed by atoms with E-state index in [-0.39, 0.29) is 17.7 Å². The molecule has 0 spiro atoms. The first-order valence-electron chi connectivity index (χ1n) is 10.2. The van der Waals surface area contributed by atoms with E-state index in [1.165, 1.54) is 4.90 Å². The quantitative estimate of drug-likeness (QED) is 0.135. The Labute approximate surface area is 186 Å². The Balaban J connectivity index is 3.19. The van der Waals surface area contributed by atoms with Gasteiger partial charge in [0.05, 0.1) is 4.92 Å². The van der Waals surface area contributed by atoms with E-state index in [1.54, 1.807) is 19.9 Å². The second-order valence-corrected chi connectivity index (χ2v) is 6.52. The molecule has 0 fully saturated rings. The van der Waals surface area contributed by atoms with E-state index in [2.05, 4.69) is 0 Å². The van der Waals surface area contributed by atoms with E-state index in [0.717, 1.165) is 31.3 Å². The van der Waals surface area contributed by atoms with Gasteiger partial charge in [0.25, 0.3) is 5.91 Å². The number of ether oxygens (including phenoxy) is 2. The molecule has 1 rings (SSSR count). The number of phenolic OH excluding ortho intramolecular Hbond substituents is 1. The van der Waals surface area contributed by atoms with Gasteiger partial charge in [-0.3, -0.25) is 14.9 Å². The zero-order valence-electron chi connectivity index (χ0n) is 18.7. The van der Waals surface area contributed by atoms with Crippen molar-refractivity contribution in [3.63, 3.8) is 0 Å². The fourth-order valence-electron chi connectivity index (χ4n) is 2.82. The Kier molecular flexibility index (Phi) is 10.6. The van der Waals surface area contributed by atoms with E-state index >= 15 is 0 Å². The second kappa shape index (κ2) is 12.9. The van der Waals surface area contributed by atoms with Gasteiger partial charge in [0.1, 0.15) is 18.2 Å². The molecule has 0 saturated heterocycles. The molecule has 0 bridgehead atoms. The van der Waals surface area contributed by atoms with Gasteiger partial charge < -0.3 is 24.4 Å². The monoisotopic (exact) mass is 448 g/mol. The lowest BCUT2D eigenvalue weighted by Crippen LogP contribution is -2.31. The van der Waals surface area contributed by atoms with Gasteiger partial charge in [0, 0.05) is 25.7 Å². The Morgan fingerprint density at radius 3 is 2.31 bits per heavy atom. The molecule has 0 saturated carbocycles. The largest absolute Gasteiger partial charge is 0.514 e. The molecule has 0 aliphatic heterocycles. The number of nitrogens with zero attached hydrogens (tertiary/aromatic N) is 4. The van der Waals surface area contributed by atoms with Crippen LogP contribution in [0.1, 0.15) is 33.3 Å². The van der Waals surface area contributed by atoms with Gasteiger partial charge in [-0.2, -0.15) is 5.26 Å². The molecule has 1 aromatic rings. The minimum absolute atomic E-state index is 0.0255. The summed E-state index contributed by atoms with van der Waals surface area (Å²) in [6, 6.07) is 3.86. The number of hydrogen-bond acceptors (Lipinski definition) is 9. The van der Waals surface area contributed by atoms with Gasteiger partial charge in [0.15, 0.2) is 5.75 Å². The predicted molar refractivity (Wildman–Crippen MR) is 116 cm³/mol. The van der Waals surface area contributed by atoms with Gasteiger partial charge in [-0.1, -0.05) is 13.8 Å². The van der Waals surface area contributed by atoms with E-state index in [1.807, 2.05) is 18.7 Å². The number of rotatable bonds is 11. The molecule has 0 radical (unpaired) electrons. The molecule has 0 atom stereocenters. The maximum atomic E-state index is 12.5. The lowest BCUT2D eigenvalue weighted by molar-refractivity contribution is -0.385. The number of nitro benzene ring substituents is 1. The minimum Gasteiger partial charge on any atom is -0.499 e. The zero-order valence-corrected chi connectivity index (χ0v) is 18.7. The van der Waals surface area contributed by atoms with Crippen molar-refractivity contribution in [2.24, 2.45) is 0 Å². The van der Waals surface area contributed by atoms with Crippen molar-refractivity contribution in [1.29, 1.82) is 5.26 Å². The topological polar surface area (TPSA) is 146 Å². The van der Waals surface area contributed by atoms with Crippen molar-refractivity contribution in [3.05, 3.63) is 33.4 Å². The maximum Gasteiger partial charge on any atom is 0.514 e. The molecule has 1 amide bonds. The Morgan fingerprint density at radius 2 is 1.81 bits per heavy atom. The molecule has 0 unspecified atom stereocenters. The molecular formula is C21H28N4O7. The van der Waals surface area contributed by atoms with Crippen molar-refractivity contribution in [2.75, 3.05) is 39.3 Å². The molecule has 32 heavy (non-hydrogen) atoms. The lowest BCUT2D eigenvalue weighted by Gasteiger charge is -2.18. The number of carbonyl (C=O) groups excluding carboxylic acids is 2. The van der Waals surface area contributed by atoms with Crippen LogP contribution in [0.3, 0.4) is 0 Å². The number of aromatic hydroxyl groups is 1. The second-order valence-electron chi connectivity index (χ2n) is 6.52. The maximum absolute atomic E-state index is 12.5. The highest BCUT2D eigenvalue weighted by molar-refractivity contribution is 6.01. The number of amides is 1. The smallest absolute Gasteiger partial charge is 0.499 e. The van der Waals surface area contributed by atoms with Crippen LogP contribution in [0.15, 0.2) is 17.7 Å². The highest BCUT2D eigenvalue weighted by atomic mass is 16.7. The molecule has 0 aliphatic rings. The molecule has 1 N–H and O–H groups in total. The summed E-state index contributed by atoms with van der Waals surface area (Å²) >= 11 is 0. The Hall–Kier alpha value is -3.65. The number of phenols is 1. The number of hydrogen-bond donors (Lipinski definition) is 1.